The van der Waals surface area contributed by atoms with Crippen LogP contribution < -0.4 is 4.90 Å². The summed E-state index contributed by atoms with van der Waals surface area (Å²) in [6.07, 6.45) is 0. The van der Waals surface area contributed by atoms with Crippen molar-refractivity contribution in [2.24, 2.45) is 5.41 Å². The Balaban J connectivity index is 1.96. The van der Waals surface area contributed by atoms with Gasteiger partial charge in [0.2, 0.25) is 5.91 Å². The van der Waals surface area contributed by atoms with Crippen molar-refractivity contribution >= 4 is 34.8 Å². The molecule has 0 N–H and O–H groups in total. The smallest absolute Gasteiger partial charge is 0.229 e. The molecule has 1 aliphatic rings. The highest BCUT2D eigenvalue weighted by molar-refractivity contribution is 6.30. The highest BCUT2D eigenvalue weighted by atomic mass is 35.5. The Bertz CT molecular complexity index is 465. The van der Waals surface area contributed by atoms with E-state index in [0.29, 0.717) is 5.88 Å². The lowest BCUT2D eigenvalue weighted by Crippen LogP contribution is -2.52. The molecule has 0 saturated carbocycles. The van der Waals surface area contributed by atoms with Gasteiger partial charge in [-0.25, -0.2) is 0 Å². The summed E-state index contributed by atoms with van der Waals surface area (Å²) in [7, 11) is 0. The summed E-state index contributed by atoms with van der Waals surface area (Å²) in [6.45, 7) is 6.95. The lowest BCUT2D eigenvalue weighted by Gasteiger charge is -2.39. The van der Waals surface area contributed by atoms with Gasteiger partial charge in [-0.05, 0) is 38.1 Å². The van der Waals surface area contributed by atoms with Crippen LogP contribution in [0.15, 0.2) is 24.3 Å². The summed E-state index contributed by atoms with van der Waals surface area (Å²) < 4.78 is 0. The van der Waals surface area contributed by atoms with Gasteiger partial charge in [0.05, 0.1) is 5.41 Å². The predicted molar refractivity (Wildman–Crippen MR) is 84.7 cm³/mol. The number of rotatable bonds is 3. The van der Waals surface area contributed by atoms with E-state index >= 15 is 0 Å². The van der Waals surface area contributed by atoms with Crippen LogP contribution in [0.2, 0.25) is 5.02 Å². The van der Waals surface area contributed by atoms with E-state index in [2.05, 4.69) is 4.90 Å². The van der Waals surface area contributed by atoms with Crippen molar-refractivity contribution in [1.29, 1.82) is 0 Å². The van der Waals surface area contributed by atoms with Crippen molar-refractivity contribution < 1.29 is 4.79 Å². The summed E-state index contributed by atoms with van der Waals surface area (Å²) in [5.41, 5.74) is 0.669. The van der Waals surface area contributed by atoms with E-state index in [-0.39, 0.29) is 5.91 Å². The second kappa shape index (κ2) is 6.23. The van der Waals surface area contributed by atoms with Gasteiger partial charge in [0.15, 0.2) is 0 Å². The number of halogens is 2. The molecule has 0 atom stereocenters. The summed E-state index contributed by atoms with van der Waals surface area (Å²) >= 11 is 11.8. The van der Waals surface area contributed by atoms with Gasteiger partial charge in [-0.1, -0.05) is 11.6 Å². The highest BCUT2D eigenvalue weighted by Crippen LogP contribution is 2.23. The summed E-state index contributed by atoms with van der Waals surface area (Å²) in [5, 5.41) is 0.742. The number of amides is 1. The van der Waals surface area contributed by atoms with Crippen LogP contribution in [0.1, 0.15) is 13.8 Å². The van der Waals surface area contributed by atoms with E-state index in [1.54, 1.807) is 0 Å². The molecule has 2 rings (SSSR count). The maximum absolute atomic E-state index is 12.3. The van der Waals surface area contributed by atoms with Crippen LogP contribution in [0.4, 0.5) is 5.69 Å². The molecule has 1 heterocycles. The molecule has 1 fully saturated rings. The molecule has 1 saturated heterocycles. The zero-order valence-corrected chi connectivity index (χ0v) is 13.4. The molecule has 5 heteroatoms. The molecule has 0 aliphatic carbocycles. The van der Waals surface area contributed by atoms with Crippen molar-refractivity contribution in [3.63, 3.8) is 0 Å². The van der Waals surface area contributed by atoms with E-state index in [9.17, 15) is 4.79 Å². The minimum absolute atomic E-state index is 0.142. The van der Waals surface area contributed by atoms with Crippen LogP contribution in [0.3, 0.4) is 0 Å². The number of alkyl halides is 1. The number of anilines is 1. The summed E-state index contributed by atoms with van der Waals surface area (Å²) in [4.78, 5) is 16.5. The number of carbonyl (C=O) groups excluding carboxylic acids is 1. The average Bonchev–Trinajstić information content (AvgIpc) is 2.47. The first kappa shape index (κ1) is 15.5. The number of hydrogen-bond donors (Lipinski definition) is 0. The number of carbonyl (C=O) groups is 1. The second-order valence-corrected chi connectivity index (χ2v) is 6.48. The third kappa shape index (κ3) is 3.39. The van der Waals surface area contributed by atoms with Gasteiger partial charge in [-0.15, -0.1) is 11.6 Å². The van der Waals surface area contributed by atoms with Crippen LogP contribution >= 0.6 is 23.2 Å². The van der Waals surface area contributed by atoms with Crippen LogP contribution in [0.25, 0.3) is 0 Å². The zero-order valence-electron chi connectivity index (χ0n) is 11.9. The van der Waals surface area contributed by atoms with Gasteiger partial charge in [-0.2, -0.15) is 0 Å². The lowest BCUT2D eigenvalue weighted by molar-refractivity contribution is -0.139. The van der Waals surface area contributed by atoms with E-state index in [4.69, 9.17) is 23.2 Å². The second-order valence-electron chi connectivity index (χ2n) is 5.77. The van der Waals surface area contributed by atoms with Gasteiger partial charge in [0.25, 0.3) is 0 Å². The number of hydrogen-bond acceptors (Lipinski definition) is 2. The molecule has 0 radical (unpaired) electrons. The van der Waals surface area contributed by atoms with Gasteiger partial charge in [-0.3, -0.25) is 4.79 Å². The van der Waals surface area contributed by atoms with Crippen molar-refractivity contribution in [1.82, 2.24) is 4.90 Å². The van der Waals surface area contributed by atoms with Gasteiger partial charge >= 0.3 is 0 Å². The number of benzene rings is 1. The van der Waals surface area contributed by atoms with E-state index in [0.717, 1.165) is 36.9 Å². The Morgan fingerprint density at radius 2 is 1.70 bits per heavy atom. The van der Waals surface area contributed by atoms with Crippen molar-refractivity contribution in [3.05, 3.63) is 29.3 Å². The number of nitrogens with zero attached hydrogens (tertiary/aromatic N) is 2. The van der Waals surface area contributed by atoms with Gasteiger partial charge in [0, 0.05) is 42.8 Å². The molecule has 1 aromatic rings. The molecular weight excluding hydrogens is 295 g/mol. The minimum atomic E-state index is -0.482. The zero-order chi connectivity index (χ0) is 14.8. The number of piperazine rings is 1. The van der Waals surface area contributed by atoms with Crippen molar-refractivity contribution in [2.75, 3.05) is 37.0 Å². The van der Waals surface area contributed by atoms with Crippen LogP contribution in [-0.2, 0) is 4.79 Å². The first-order chi connectivity index (χ1) is 9.44. The standard InChI is InChI=1S/C15H20Cl2N2O/c1-15(2,11-16)14(20)19-9-7-18(8-10-19)13-5-3-12(17)4-6-13/h3-6H,7-11H2,1-2H3. The normalized spacial score (nSPS) is 16.4. The SMILES string of the molecule is CC(C)(CCl)C(=O)N1CCN(c2ccc(Cl)cc2)CC1. The van der Waals surface area contributed by atoms with Crippen LogP contribution in [0, 0.1) is 5.41 Å². The van der Waals surface area contributed by atoms with E-state index < -0.39 is 5.41 Å². The molecule has 1 aromatic carbocycles. The van der Waals surface area contributed by atoms with Gasteiger partial charge < -0.3 is 9.80 Å². The molecule has 110 valence electrons. The monoisotopic (exact) mass is 314 g/mol. The Morgan fingerprint density at radius 1 is 1.15 bits per heavy atom. The average molecular weight is 315 g/mol. The van der Waals surface area contributed by atoms with Crippen molar-refractivity contribution in [2.45, 2.75) is 13.8 Å². The summed E-state index contributed by atoms with van der Waals surface area (Å²) in [5.74, 6) is 0.492. The first-order valence-corrected chi connectivity index (χ1v) is 7.71. The predicted octanol–water partition coefficient (Wildman–Crippen LogP) is 3.25. The highest BCUT2D eigenvalue weighted by Gasteiger charge is 2.32. The Hall–Kier alpha value is -0.930. The van der Waals surface area contributed by atoms with Gasteiger partial charge in [0.1, 0.15) is 0 Å². The minimum Gasteiger partial charge on any atom is -0.368 e. The Labute approximate surface area is 130 Å². The van der Waals surface area contributed by atoms with E-state index in [1.165, 1.54) is 0 Å². The molecule has 20 heavy (non-hydrogen) atoms. The fourth-order valence-corrected chi connectivity index (χ4v) is 2.55. The van der Waals surface area contributed by atoms with Crippen molar-refractivity contribution in [3.8, 4) is 0 Å². The third-order valence-corrected chi connectivity index (χ3v) is 4.59. The lowest BCUT2D eigenvalue weighted by atomic mass is 9.94. The van der Waals surface area contributed by atoms with Crippen LogP contribution in [0.5, 0.6) is 0 Å². The molecule has 0 spiro atoms. The van der Waals surface area contributed by atoms with Crippen LogP contribution in [-0.4, -0.2) is 42.9 Å². The largest absolute Gasteiger partial charge is 0.368 e. The third-order valence-electron chi connectivity index (χ3n) is 3.67. The molecule has 0 unspecified atom stereocenters. The topological polar surface area (TPSA) is 23.6 Å². The molecule has 0 bridgehead atoms. The molecule has 1 aliphatic heterocycles. The molecular formula is C15H20Cl2N2O. The first-order valence-electron chi connectivity index (χ1n) is 6.80. The fraction of sp³-hybridized carbons (Fsp3) is 0.533. The Kier molecular flexibility index (Phi) is 4.82. The maximum atomic E-state index is 12.3. The molecule has 1 amide bonds. The van der Waals surface area contributed by atoms with E-state index in [1.807, 2.05) is 43.0 Å². The molecule has 3 nitrogen and oxygen atoms in total. The quantitative estimate of drug-likeness (QED) is 0.800. The summed E-state index contributed by atoms with van der Waals surface area (Å²) in [6, 6.07) is 7.82. The Morgan fingerprint density at radius 3 is 2.20 bits per heavy atom. The molecule has 0 aromatic heterocycles. The fourth-order valence-electron chi connectivity index (χ4n) is 2.30. The maximum Gasteiger partial charge on any atom is 0.229 e.